The van der Waals surface area contributed by atoms with Gasteiger partial charge in [0.05, 0.1) is 6.04 Å². The number of hydrogen-bond acceptors (Lipinski definition) is 5. The molecule has 0 radical (unpaired) electrons. The smallest absolute Gasteiger partial charge is 0.238 e. The standard InChI is InChI=1S/C14H32N4OS/c1-2-3-4-5-6-7-8-9-10-17-13(19)12(11-20)18-14(15)16/h12,14,18,20H,2-11,15-16H2,1H3,(H,17,19). The van der Waals surface area contributed by atoms with Gasteiger partial charge < -0.3 is 16.8 Å². The number of carbonyl (C=O) groups is 1. The Bertz CT molecular complexity index is 239. The lowest BCUT2D eigenvalue weighted by Crippen LogP contribution is -2.56. The molecule has 0 bridgehead atoms. The maximum atomic E-state index is 11.8. The predicted molar refractivity (Wildman–Crippen MR) is 88.6 cm³/mol. The summed E-state index contributed by atoms with van der Waals surface area (Å²) in [5, 5.41) is 5.67. The molecule has 0 aromatic heterocycles. The van der Waals surface area contributed by atoms with E-state index in [9.17, 15) is 4.79 Å². The molecule has 0 fully saturated rings. The summed E-state index contributed by atoms with van der Waals surface area (Å²) in [6.07, 6.45) is 9.37. The van der Waals surface area contributed by atoms with E-state index in [0.29, 0.717) is 12.3 Å². The van der Waals surface area contributed by atoms with E-state index in [4.69, 9.17) is 11.5 Å². The van der Waals surface area contributed by atoms with Crippen molar-refractivity contribution in [1.82, 2.24) is 10.6 Å². The van der Waals surface area contributed by atoms with Crippen molar-refractivity contribution in [3.05, 3.63) is 0 Å². The van der Waals surface area contributed by atoms with Gasteiger partial charge in [-0.15, -0.1) is 0 Å². The lowest BCUT2D eigenvalue weighted by Gasteiger charge is -2.18. The van der Waals surface area contributed by atoms with Crippen LogP contribution < -0.4 is 22.1 Å². The summed E-state index contributed by atoms with van der Waals surface area (Å²) in [7, 11) is 0. The number of nitrogens with one attached hydrogen (secondary N) is 2. The molecule has 0 heterocycles. The van der Waals surface area contributed by atoms with Crippen LogP contribution in [0.2, 0.25) is 0 Å². The van der Waals surface area contributed by atoms with Gasteiger partial charge in [-0.3, -0.25) is 10.1 Å². The van der Waals surface area contributed by atoms with E-state index < -0.39 is 12.3 Å². The van der Waals surface area contributed by atoms with Crippen molar-refractivity contribution >= 4 is 18.5 Å². The van der Waals surface area contributed by atoms with E-state index in [1.54, 1.807) is 0 Å². The van der Waals surface area contributed by atoms with Crippen LogP contribution in [0.15, 0.2) is 0 Å². The van der Waals surface area contributed by atoms with Crippen molar-refractivity contribution in [3.63, 3.8) is 0 Å². The second-order valence-electron chi connectivity index (χ2n) is 5.19. The number of carbonyl (C=O) groups excluding carboxylic acids is 1. The quantitative estimate of drug-likeness (QED) is 0.202. The molecule has 0 saturated heterocycles. The van der Waals surface area contributed by atoms with Gasteiger partial charge in [-0.25, -0.2) is 0 Å². The van der Waals surface area contributed by atoms with Crippen LogP contribution in [0.1, 0.15) is 58.3 Å². The van der Waals surface area contributed by atoms with Crippen molar-refractivity contribution < 1.29 is 4.79 Å². The zero-order valence-corrected chi connectivity index (χ0v) is 13.6. The molecule has 0 aromatic rings. The van der Waals surface area contributed by atoms with Crippen LogP contribution in [-0.2, 0) is 4.79 Å². The van der Waals surface area contributed by atoms with Crippen molar-refractivity contribution in [2.24, 2.45) is 11.5 Å². The van der Waals surface area contributed by atoms with Crippen molar-refractivity contribution in [2.45, 2.75) is 70.6 Å². The fourth-order valence-corrected chi connectivity index (χ4v) is 2.31. The summed E-state index contributed by atoms with van der Waals surface area (Å²) in [5.74, 6) is 0.303. The highest BCUT2D eigenvalue weighted by Crippen LogP contribution is 2.07. The average molecular weight is 305 g/mol. The molecule has 0 saturated carbocycles. The molecule has 20 heavy (non-hydrogen) atoms. The highest BCUT2D eigenvalue weighted by atomic mass is 32.1. The highest BCUT2D eigenvalue weighted by molar-refractivity contribution is 7.80. The molecule has 0 aliphatic rings. The molecule has 0 aliphatic heterocycles. The molecule has 0 rings (SSSR count). The Balaban J connectivity index is 3.46. The first-order valence-electron chi connectivity index (χ1n) is 7.77. The predicted octanol–water partition coefficient (Wildman–Crippen LogP) is 1.33. The van der Waals surface area contributed by atoms with Crippen molar-refractivity contribution in [2.75, 3.05) is 12.3 Å². The lowest BCUT2D eigenvalue weighted by molar-refractivity contribution is -0.122. The Morgan fingerprint density at radius 2 is 1.60 bits per heavy atom. The van der Waals surface area contributed by atoms with Crippen LogP contribution in [0.5, 0.6) is 0 Å². The zero-order chi connectivity index (χ0) is 15.2. The van der Waals surface area contributed by atoms with Crippen LogP contribution >= 0.6 is 12.6 Å². The van der Waals surface area contributed by atoms with E-state index in [-0.39, 0.29) is 5.91 Å². The van der Waals surface area contributed by atoms with Gasteiger partial charge in [0.2, 0.25) is 5.91 Å². The largest absolute Gasteiger partial charge is 0.355 e. The van der Waals surface area contributed by atoms with E-state index in [1.807, 2.05) is 0 Å². The first-order valence-corrected chi connectivity index (χ1v) is 8.40. The second-order valence-corrected chi connectivity index (χ2v) is 5.56. The molecule has 1 unspecified atom stereocenters. The Morgan fingerprint density at radius 3 is 2.10 bits per heavy atom. The molecule has 0 aromatic carbocycles. The number of unbranched alkanes of at least 4 members (excludes halogenated alkanes) is 7. The Kier molecular flexibility index (Phi) is 13.5. The summed E-state index contributed by atoms with van der Waals surface area (Å²) >= 11 is 4.11. The minimum Gasteiger partial charge on any atom is -0.355 e. The summed E-state index contributed by atoms with van der Waals surface area (Å²) in [4.78, 5) is 11.8. The Labute approximate surface area is 129 Å². The topological polar surface area (TPSA) is 93.2 Å². The van der Waals surface area contributed by atoms with Crippen molar-refractivity contribution in [1.29, 1.82) is 0 Å². The van der Waals surface area contributed by atoms with Gasteiger partial charge in [0.15, 0.2) is 0 Å². The molecular formula is C14H32N4OS. The SMILES string of the molecule is CCCCCCCCCCNC(=O)C(CS)NC(N)N. The third kappa shape index (κ3) is 11.5. The van der Waals surface area contributed by atoms with Gasteiger partial charge in [0.25, 0.3) is 0 Å². The fourth-order valence-electron chi connectivity index (χ4n) is 2.04. The number of hydrogen-bond donors (Lipinski definition) is 5. The molecule has 1 atom stereocenters. The first kappa shape index (κ1) is 19.7. The maximum Gasteiger partial charge on any atom is 0.238 e. The molecule has 1 amide bonds. The van der Waals surface area contributed by atoms with E-state index in [1.165, 1.54) is 44.9 Å². The van der Waals surface area contributed by atoms with Crippen LogP contribution in [0.3, 0.4) is 0 Å². The first-order chi connectivity index (χ1) is 9.61. The normalized spacial score (nSPS) is 12.7. The highest BCUT2D eigenvalue weighted by Gasteiger charge is 2.16. The van der Waals surface area contributed by atoms with Gasteiger partial charge in [0.1, 0.15) is 6.29 Å². The molecule has 0 aliphatic carbocycles. The Morgan fingerprint density at radius 1 is 1.05 bits per heavy atom. The Hall–Kier alpha value is -0.300. The maximum absolute atomic E-state index is 11.8. The fraction of sp³-hybridized carbons (Fsp3) is 0.929. The van der Waals surface area contributed by atoms with Gasteiger partial charge in [0, 0.05) is 12.3 Å². The summed E-state index contributed by atoms with van der Waals surface area (Å²) < 4.78 is 0. The summed E-state index contributed by atoms with van der Waals surface area (Å²) in [6.45, 7) is 2.94. The molecular weight excluding hydrogens is 272 g/mol. The van der Waals surface area contributed by atoms with Gasteiger partial charge in [-0.05, 0) is 6.42 Å². The molecule has 0 spiro atoms. The van der Waals surface area contributed by atoms with Crippen LogP contribution in [-0.4, -0.2) is 30.5 Å². The summed E-state index contributed by atoms with van der Waals surface area (Å²) in [6, 6.07) is -0.424. The second kappa shape index (κ2) is 13.7. The van der Waals surface area contributed by atoms with Crippen LogP contribution in [0.4, 0.5) is 0 Å². The third-order valence-corrected chi connectivity index (χ3v) is 3.59. The number of nitrogens with two attached hydrogens (primary N) is 2. The van der Waals surface area contributed by atoms with Gasteiger partial charge in [-0.2, -0.15) is 12.6 Å². The zero-order valence-electron chi connectivity index (χ0n) is 12.7. The van der Waals surface area contributed by atoms with Crippen LogP contribution in [0, 0.1) is 0 Å². The van der Waals surface area contributed by atoms with Crippen LogP contribution in [0.25, 0.3) is 0 Å². The van der Waals surface area contributed by atoms with E-state index >= 15 is 0 Å². The lowest BCUT2D eigenvalue weighted by atomic mass is 10.1. The number of thiol groups is 1. The number of amides is 1. The third-order valence-electron chi connectivity index (χ3n) is 3.22. The van der Waals surface area contributed by atoms with E-state index in [2.05, 4.69) is 30.2 Å². The summed E-state index contributed by atoms with van der Waals surface area (Å²) in [5.41, 5.74) is 10.8. The average Bonchev–Trinajstić information content (AvgIpc) is 2.42. The molecule has 6 heteroatoms. The monoisotopic (exact) mass is 304 g/mol. The molecule has 6 N–H and O–H groups in total. The van der Waals surface area contributed by atoms with Gasteiger partial charge in [-0.1, -0.05) is 51.9 Å². The molecule has 5 nitrogen and oxygen atoms in total. The van der Waals surface area contributed by atoms with Gasteiger partial charge >= 0.3 is 0 Å². The molecule has 120 valence electrons. The minimum atomic E-state index is -0.693. The van der Waals surface area contributed by atoms with E-state index in [0.717, 1.165) is 6.42 Å². The minimum absolute atomic E-state index is 0.0798. The number of rotatable bonds is 13. The van der Waals surface area contributed by atoms with Crippen molar-refractivity contribution in [3.8, 4) is 0 Å².